The number of ether oxygens (including phenoxy) is 2. The second-order valence-electron chi connectivity index (χ2n) is 8.15. The molecule has 1 aromatic rings. The van der Waals surface area contributed by atoms with Crippen molar-refractivity contribution in [1.29, 1.82) is 0 Å². The van der Waals surface area contributed by atoms with E-state index in [1.54, 1.807) is 34.6 Å². The molecule has 0 radical (unpaired) electrons. The van der Waals surface area contributed by atoms with Crippen molar-refractivity contribution in [3.8, 4) is 0 Å². The van der Waals surface area contributed by atoms with Crippen molar-refractivity contribution in [3.63, 3.8) is 0 Å². The zero-order valence-corrected chi connectivity index (χ0v) is 18.4. The van der Waals surface area contributed by atoms with Crippen LogP contribution in [0.1, 0.15) is 40.2 Å². The van der Waals surface area contributed by atoms with Crippen LogP contribution in [0.5, 0.6) is 0 Å². The molecule has 0 aliphatic carbocycles. The van der Waals surface area contributed by atoms with E-state index in [2.05, 4.69) is 23.3 Å². The molecule has 2 amide bonds. The van der Waals surface area contributed by atoms with Gasteiger partial charge in [0, 0.05) is 11.2 Å². The van der Waals surface area contributed by atoms with E-state index in [9.17, 15) is 18.8 Å². The summed E-state index contributed by atoms with van der Waals surface area (Å²) in [6.07, 6.45) is -0.730. The standard InChI is InChI=1S/C20H29FN2O5S/c1-19(2,3)28-18(26)22-14(11-12-7-9-13(21)10-8-12)16(24)23-15(17(25)27-6)20(4,5)29/h7-10,14-15,29H,11H2,1-6H3,(H,22,26)(H,23,24)/t14-,15-/m0/s1. The summed E-state index contributed by atoms with van der Waals surface area (Å²) in [6.45, 7) is 8.37. The van der Waals surface area contributed by atoms with E-state index in [0.717, 1.165) is 0 Å². The zero-order chi connectivity index (χ0) is 22.4. The highest BCUT2D eigenvalue weighted by molar-refractivity contribution is 7.81. The number of halogens is 1. The van der Waals surface area contributed by atoms with E-state index in [0.29, 0.717) is 5.56 Å². The van der Waals surface area contributed by atoms with Gasteiger partial charge in [-0.25, -0.2) is 14.0 Å². The van der Waals surface area contributed by atoms with Gasteiger partial charge in [0.15, 0.2) is 0 Å². The lowest BCUT2D eigenvalue weighted by atomic mass is 10.0. The van der Waals surface area contributed by atoms with Gasteiger partial charge in [0.25, 0.3) is 0 Å². The van der Waals surface area contributed by atoms with Gasteiger partial charge in [0.2, 0.25) is 5.91 Å². The van der Waals surface area contributed by atoms with E-state index < -0.39 is 46.2 Å². The normalized spacial score (nSPS) is 13.8. The van der Waals surface area contributed by atoms with E-state index in [1.165, 1.54) is 31.4 Å². The smallest absolute Gasteiger partial charge is 0.408 e. The fourth-order valence-corrected chi connectivity index (χ4v) is 2.57. The third kappa shape index (κ3) is 8.72. The van der Waals surface area contributed by atoms with E-state index in [1.807, 2.05) is 0 Å². The number of esters is 1. The van der Waals surface area contributed by atoms with Gasteiger partial charge in [-0.05, 0) is 52.3 Å². The van der Waals surface area contributed by atoms with Gasteiger partial charge in [0.05, 0.1) is 7.11 Å². The third-order valence-corrected chi connectivity index (χ3v) is 4.05. The molecule has 0 spiro atoms. The highest BCUT2D eigenvalue weighted by atomic mass is 32.1. The van der Waals surface area contributed by atoms with Crippen LogP contribution in [-0.2, 0) is 25.5 Å². The van der Waals surface area contributed by atoms with Crippen molar-refractivity contribution >= 4 is 30.6 Å². The molecule has 0 saturated heterocycles. The Hall–Kier alpha value is -2.29. The molecule has 7 nitrogen and oxygen atoms in total. The van der Waals surface area contributed by atoms with Crippen LogP contribution in [-0.4, -0.2) is 47.5 Å². The molecule has 1 aromatic carbocycles. The summed E-state index contributed by atoms with van der Waals surface area (Å²) in [7, 11) is 1.20. The molecule has 0 saturated carbocycles. The predicted octanol–water partition coefficient (Wildman–Crippen LogP) is 2.63. The minimum Gasteiger partial charge on any atom is -0.467 e. The number of nitrogens with one attached hydrogen (secondary N) is 2. The highest BCUT2D eigenvalue weighted by Gasteiger charge is 2.36. The first kappa shape index (κ1) is 24.7. The van der Waals surface area contributed by atoms with Crippen molar-refractivity contribution < 1.29 is 28.2 Å². The van der Waals surface area contributed by atoms with Crippen LogP contribution in [0.4, 0.5) is 9.18 Å². The number of amides is 2. The van der Waals surface area contributed by atoms with Gasteiger partial charge in [0.1, 0.15) is 23.5 Å². The molecule has 1 rings (SSSR count). The number of rotatable bonds is 7. The monoisotopic (exact) mass is 428 g/mol. The Labute approximate surface area is 176 Å². The molecular weight excluding hydrogens is 399 g/mol. The number of benzene rings is 1. The summed E-state index contributed by atoms with van der Waals surface area (Å²) in [6, 6.07) is 3.40. The Morgan fingerprint density at radius 1 is 1.07 bits per heavy atom. The summed E-state index contributed by atoms with van der Waals surface area (Å²) in [4.78, 5) is 37.2. The predicted molar refractivity (Wildman–Crippen MR) is 110 cm³/mol. The fourth-order valence-electron chi connectivity index (χ4n) is 2.40. The first-order chi connectivity index (χ1) is 13.2. The summed E-state index contributed by atoms with van der Waals surface area (Å²) in [5.74, 6) is -1.72. The molecule has 29 heavy (non-hydrogen) atoms. The maximum absolute atomic E-state index is 13.2. The Balaban J connectivity index is 3.06. The number of methoxy groups -OCH3 is 1. The average Bonchev–Trinajstić information content (AvgIpc) is 2.57. The van der Waals surface area contributed by atoms with E-state index in [-0.39, 0.29) is 6.42 Å². The maximum Gasteiger partial charge on any atom is 0.408 e. The summed E-state index contributed by atoms with van der Waals surface area (Å²) < 4.78 is 22.2. The number of alkyl carbamates (subject to hydrolysis) is 1. The minimum absolute atomic E-state index is 0.0618. The Kier molecular flexibility index (Phi) is 8.50. The van der Waals surface area contributed by atoms with Crippen molar-refractivity contribution in [2.24, 2.45) is 0 Å². The van der Waals surface area contributed by atoms with Crippen LogP contribution >= 0.6 is 12.6 Å². The molecule has 2 N–H and O–H groups in total. The van der Waals surface area contributed by atoms with Crippen LogP contribution in [0.3, 0.4) is 0 Å². The molecule has 0 aromatic heterocycles. The lowest BCUT2D eigenvalue weighted by Crippen LogP contribution is -2.58. The van der Waals surface area contributed by atoms with E-state index in [4.69, 9.17) is 9.47 Å². The van der Waals surface area contributed by atoms with E-state index >= 15 is 0 Å². The summed E-state index contributed by atoms with van der Waals surface area (Å²) in [5, 5.41) is 5.08. The second kappa shape index (κ2) is 9.96. The molecule has 162 valence electrons. The minimum atomic E-state index is -1.07. The largest absolute Gasteiger partial charge is 0.467 e. The second-order valence-corrected chi connectivity index (χ2v) is 9.30. The van der Waals surface area contributed by atoms with Gasteiger partial charge < -0.3 is 20.1 Å². The number of hydrogen-bond acceptors (Lipinski definition) is 6. The lowest BCUT2D eigenvalue weighted by molar-refractivity contribution is -0.146. The average molecular weight is 429 g/mol. The number of hydrogen-bond donors (Lipinski definition) is 3. The topological polar surface area (TPSA) is 93.7 Å². The van der Waals surface area contributed by atoms with Crippen molar-refractivity contribution in [1.82, 2.24) is 10.6 Å². The SMILES string of the molecule is COC(=O)[C@H](NC(=O)[C@H](Cc1ccc(F)cc1)NC(=O)OC(C)(C)C)C(C)(C)S. The molecule has 0 aliphatic rings. The number of carbonyl (C=O) groups excluding carboxylic acids is 3. The lowest BCUT2D eigenvalue weighted by Gasteiger charge is -2.30. The first-order valence-electron chi connectivity index (χ1n) is 9.07. The van der Waals surface area contributed by atoms with Gasteiger partial charge in [-0.2, -0.15) is 12.6 Å². The molecule has 0 unspecified atom stereocenters. The van der Waals surface area contributed by atoms with Crippen molar-refractivity contribution in [2.75, 3.05) is 7.11 Å². The van der Waals surface area contributed by atoms with Crippen molar-refractivity contribution in [3.05, 3.63) is 35.6 Å². The number of thiol groups is 1. The Morgan fingerprint density at radius 3 is 2.07 bits per heavy atom. The molecule has 0 bridgehead atoms. The molecule has 0 fully saturated rings. The highest BCUT2D eigenvalue weighted by Crippen LogP contribution is 2.19. The van der Waals surface area contributed by atoms with Gasteiger partial charge >= 0.3 is 12.1 Å². The molecule has 9 heteroatoms. The van der Waals surface area contributed by atoms with Gasteiger partial charge in [-0.15, -0.1) is 0 Å². The number of carbonyl (C=O) groups is 3. The van der Waals surface area contributed by atoms with Crippen LogP contribution in [0.25, 0.3) is 0 Å². The summed E-state index contributed by atoms with van der Waals surface area (Å²) >= 11 is 4.35. The Morgan fingerprint density at radius 2 is 1.62 bits per heavy atom. The molecule has 0 heterocycles. The maximum atomic E-state index is 13.2. The quantitative estimate of drug-likeness (QED) is 0.459. The molecule has 2 atom stereocenters. The molecule has 0 aliphatic heterocycles. The summed E-state index contributed by atoms with van der Waals surface area (Å²) in [5.41, 5.74) is -0.148. The van der Waals surface area contributed by atoms with Gasteiger partial charge in [-0.3, -0.25) is 4.79 Å². The Bertz CT molecular complexity index is 726. The first-order valence-corrected chi connectivity index (χ1v) is 9.52. The van der Waals surface area contributed by atoms with Crippen LogP contribution in [0.15, 0.2) is 24.3 Å². The fraction of sp³-hybridized carbons (Fsp3) is 0.550. The zero-order valence-electron chi connectivity index (χ0n) is 17.5. The third-order valence-electron chi connectivity index (χ3n) is 3.79. The molecular formula is C20H29FN2O5S. The van der Waals surface area contributed by atoms with Crippen LogP contribution < -0.4 is 10.6 Å². The van der Waals surface area contributed by atoms with Crippen LogP contribution in [0.2, 0.25) is 0 Å². The van der Waals surface area contributed by atoms with Crippen LogP contribution in [0, 0.1) is 5.82 Å². The van der Waals surface area contributed by atoms with Crippen molar-refractivity contribution in [2.45, 2.75) is 63.5 Å². The van der Waals surface area contributed by atoms with Gasteiger partial charge in [-0.1, -0.05) is 12.1 Å².